The van der Waals surface area contributed by atoms with Gasteiger partial charge in [-0.2, -0.15) is 4.98 Å². The van der Waals surface area contributed by atoms with Gasteiger partial charge in [-0.25, -0.2) is 4.68 Å². The lowest BCUT2D eigenvalue weighted by atomic mass is 9.94. The van der Waals surface area contributed by atoms with Crippen LogP contribution in [0.4, 0.5) is 11.6 Å². The number of hydrogen-bond acceptors (Lipinski definition) is 7. The number of halogens is 4. The van der Waals surface area contributed by atoms with Gasteiger partial charge in [0.25, 0.3) is 5.91 Å². The number of nitrogens with one attached hydrogen (secondary N) is 2. The number of carbonyl (C=O) groups is 1. The number of rotatable bonds is 10. The van der Waals surface area contributed by atoms with Crippen LogP contribution in [0.25, 0.3) is 0 Å². The number of nitrogens with zero attached hydrogens (tertiary/aromatic N) is 3. The second-order valence-corrected chi connectivity index (χ2v) is 13.6. The van der Waals surface area contributed by atoms with Crippen molar-refractivity contribution in [2.75, 3.05) is 17.7 Å². The number of carbonyl (C=O) groups excluding carboxylic acids is 1. The first kappa shape index (κ1) is 33.2. The summed E-state index contributed by atoms with van der Waals surface area (Å²) in [4.78, 5) is 19.0. The van der Waals surface area contributed by atoms with Crippen LogP contribution in [0.2, 0.25) is 15.1 Å². The topological polar surface area (TPSA) is 90.3 Å². The van der Waals surface area contributed by atoms with Crippen LogP contribution in [0.1, 0.15) is 29.7 Å². The van der Waals surface area contributed by atoms with E-state index in [1.165, 1.54) is 11.8 Å². The van der Waals surface area contributed by atoms with Gasteiger partial charge >= 0.3 is 0 Å². The number of fused-ring (bicyclic) bond motifs is 1. The Balaban J connectivity index is 1.41. The van der Waals surface area contributed by atoms with Gasteiger partial charge in [-0.3, -0.25) is 4.79 Å². The van der Waals surface area contributed by atoms with E-state index in [4.69, 9.17) is 54.4 Å². The normalized spacial score (nSPS) is 14.0. The van der Waals surface area contributed by atoms with Gasteiger partial charge < -0.3 is 20.1 Å². The van der Waals surface area contributed by atoms with Crippen LogP contribution in [0.5, 0.6) is 11.5 Å². The van der Waals surface area contributed by atoms with Crippen LogP contribution in [-0.2, 0) is 17.2 Å². The fourth-order valence-corrected chi connectivity index (χ4v) is 7.08. The van der Waals surface area contributed by atoms with E-state index < -0.39 is 6.04 Å². The number of anilines is 2. The van der Waals surface area contributed by atoms with E-state index >= 15 is 0 Å². The molecule has 8 nitrogen and oxygen atoms in total. The molecule has 0 saturated carbocycles. The molecular weight excluding hydrogens is 745 g/mol. The van der Waals surface area contributed by atoms with E-state index in [1.54, 1.807) is 36.1 Å². The molecule has 1 aromatic heterocycles. The molecular formula is C34H27BrCl3N5O3S. The standard InChI is InChI=1S/C34H27BrCl3N5O3S/c1-19-30(32(44)40-27-9-5-6-10-29(27)45-2)31(43-33(39-19)41-34(42-43)47-18-21-7-3-4-8-25(21)37)24-15-22(35)12-14-28(24)46-17-20-11-13-23(36)16-26(20)38/h3-16,31H,17-18H2,1-2H3,(H,40,44)(H,39,41,42). The van der Waals surface area contributed by atoms with Gasteiger partial charge in [0.15, 0.2) is 0 Å². The minimum absolute atomic E-state index is 0.171. The lowest BCUT2D eigenvalue weighted by molar-refractivity contribution is -0.113. The van der Waals surface area contributed by atoms with E-state index in [0.717, 1.165) is 15.6 Å². The lowest BCUT2D eigenvalue weighted by Gasteiger charge is -2.30. The number of aromatic nitrogens is 3. The second kappa shape index (κ2) is 14.6. The van der Waals surface area contributed by atoms with Crippen molar-refractivity contribution in [2.45, 2.75) is 30.5 Å². The Morgan fingerprint density at radius 2 is 1.77 bits per heavy atom. The molecule has 0 aliphatic carbocycles. The molecule has 0 saturated heterocycles. The molecule has 4 aromatic carbocycles. The summed E-state index contributed by atoms with van der Waals surface area (Å²) >= 11 is 24.1. The van der Waals surface area contributed by atoms with E-state index in [-0.39, 0.29) is 12.5 Å². The van der Waals surface area contributed by atoms with E-state index in [9.17, 15) is 4.79 Å². The minimum Gasteiger partial charge on any atom is -0.495 e. The summed E-state index contributed by atoms with van der Waals surface area (Å²) in [6, 6.07) is 25.1. The molecule has 6 rings (SSSR count). The molecule has 240 valence electrons. The first-order chi connectivity index (χ1) is 22.7. The predicted molar refractivity (Wildman–Crippen MR) is 192 cm³/mol. The summed E-state index contributed by atoms with van der Waals surface area (Å²) in [7, 11) is 1.56. The lowest BCUT2D eigenvalue weighted by Crippen LogP contribution is -2.32. The van der Waals surface area contributed by atoms with Crippen LogP contribution < -0.4 is 20.1 Å². The van der Waals surface area contributed by atoms with Crippen LogP contribution in [0.3, 0.4) is 0 Å². The molecule has 47 heavy (non-hydrogen) atoms. The van der Waals surface area contributed by atoms with Crippen molar-refractivity contribution in [1.29, 1.82) is 0 Å². The summed E-state index contributed by atoms with van der Waals surface area (Å²) in [6.45, 7) is 2.01. The number of thioether (sulfide) groups is 1. The fraction of sp³-hybridized carbons (Fsp3) is 0.147. The number of methoxy groups -OCH3 is 1. The summed E-state index contributed by atoms with van der Waals surface area (Å²) in [5.41, 5.74) is 3.97. The molecule has 2 heterocycles. The highest BCUT2D eigenvalue weighted by molar-refractivity contribution is 9.10. The van der Waals surface area contributed by atoms with E-state index in [0.29, 0.717) is 65.9 Å². The van der Waals surface area contributed by atoms with Crippen molar-refractivity contribution in [3.63, 3.8) is 0 Å². The molecule has 1 aliphatic heterocycles. The highest BCUT2D eigenvalue weighted by atomic mass is 79.9. The van der Waals surface area contributed by atoms with Crippen molar-refractivity contribution in [3.8, 4) is 11.5 Å². The summed E-state index contributed by atoms with van der Waals surface area (Å²) in [5.74, 6) is 1.77. The van der Waals surface area contributed by atoms with Gasteiger partial charge in [-0.05, 0) is 61.0 Å². The monoisotopic (exact) mass is 769 g/mol. The minimum atomic E-state index is -0.726. The third-order valence-corrected chi connectivity index (χ3v) is 9.75. The van der Waals surface area contributed by atoms with Crippen molar-refractivity contribution in [2.24, 2.45) is 0 Å². The van der Waals surface area contributed by atoms with Gasteiger partial charge in [-0.15, -0.1) is 5.10 Å². The van der Waals surface area contributed by atoms with Gasteiger partial charge in [-0.1, -0.05) is 98.9 Å². The van der Waals surface area contributed by atoms with E-state index in [2.05, 4.69) is 26.6 Å². The quantitative estimate of drug-likeness (QED) is 0.137. The zero-order valence-electron chi connectivity index (χ0n) is 25.1. The molecule has 0 radical (unpaired) electrons. The Morgan fingerprint density at radius 3 is 2.55 bits per heavy atom. The zero-order chi connectivity index (χ0) is 33.1. The maximum absolute atomic E-state index is 14.2. The summed E-state index contributed by atoms with van der Waals surface area (Å²) in [5, 5.41) is 13.4. The Kier molecular flexibility index (Phi) is 10.3. The average molecular weight is 772 g/mol. The zero-order valence-corrected chi connectivity index (χ0v) is 29.7. The number of amides is 1. The molecule has 13 heteroatoms. The first-order valence-electron chi connectivity index (χ1n) is 14.3. The Bertz CT molecular complexity index is 2000. The van der Waals surface area contributed by atoms with Crippen molar-refractivity contribution in [1.82, 2.24) is 14.8 Å². The average Bonchev–Trinajstić information content (AvgIpc) is 3.46. The highest BCUT2D eigenvalue weighted by Crippen LogP contribution is 2.42. The molecule has 1 unspecified atom stereocenters. The molecule has 1 atom stereocenters. The predicted octanol–water partition coefficient (Wildman–Crippen LogP) is 9.81. The second-order valence-electron chi connectivity index (χ2n) is 10.5. The van der Waals surface area contributed by atoms with Crippen molar-refractivity contribution >= 4 is 80.0 Å². The third-order valence-electron chi connectivity index (χ3n) is 7.41. The van der Waals surface area contributed by atoms with Crippen LogP contribution in [0, 0.1) is 0 Å². The SMILES string of the molecule is COc1ccccc1NC(=O)C1=C(C)Nc2nc(SCc3ccccc3Cl)nn2C1c1cc(Br)ccc1OCc1ccc(Cl)cc1Cl. The van der Waals surface area contributed by atoms with Gasteiger partial charge in [0, 0.05) is 42.1 Å². The van der Waals surface area contributed by atoms with Gasteiger partial charge in [0.05, 0.1) is 18.4 Å². The van der Waals surface area contributed by atoms with Crippen LogP contribution in [-0.4, -0.2) is 27.8 Å². The first-order valence-corrected chi connectivity index (χ1v) is 17.2. The molecule has 5 aromatic rings. The molecule has 1 aliphatic rings. The number of allylic oxidation sites excluding steroid dienone is 1. The number of hydrogen-bond donors (Lipinski definition) is 2. The largest absolute Gasteiger partial charge is 0.495 e. The number of para-hydroxylation sites is 2. The Hall–Kier alpha value is -3.67. The third kappa shape index (κ3) is 7.42. The number of benzene rings is 4. The molecule has 2 N–H and O–H groups in total. The molecule has 0 fully saturated rings. The molecule has 0 spiro atoms. The van der Waals surface area contributed by atoms with Crippen LogP contribution >= 0.6 is 62.5 Å². The Labute approximate surface area is 299 Å². The Morgan fingerprint density at radius 1 is 0.979 bits per heavy atom. The summed E-state index contributed by atoms with van der Waals surface area (Å²) < 4.78 is 14.4. The molecule has 1 amide bonds. The fourth-order valence-electron chi connectivity index (χ4n) is 5.13. The highest BCUT2D eigenvalue weighted by Gasteiger charge is 2.36. The van der Waals surface area contributed by atoms with Gasteiger partial charge in [0.2, 0.25) is 11.1 Å². The maximum atomic E-state index is 14.2. The van der Waals surface area contributed by atoms with E-state index in [1.807, 2.05) is 67.6 Å². The van der Waals surface area contributed by atoms with Crippen LogP contribution in [0.15, 0.2) is 106 Å². The smallest absolute Gasteiger partial charge is 0.255 e. The number of ether oxygens (including phenoxy) is 2. The maximum Gasteiger partial charge on any atom is 0.255 e. The molecule has 0 bridgehead atoms. The summed E-state index contributed by atoms with van der Waals surface area (Å²) in [6.07, 6.45) is 0. The van der Waals surface area contributed by atoms with Gasteiger partial charge in [0.1, 0.15) is 24.1 Å². The van der Waals surface area contributed by atoms with Crippen molar-refractivity contribution in [3.05, 3.63) is 132 Å². The van der Waals surface area contributed by atoms with Crippen molar-refractivity contribution < 1.29 is 14.3 Å².